The standard InChI is InChI=1S/C18H19Cl2NO3/c1-3-17(24-15-6-4-5-14(10-15)23-2)18(22)21-11-12-7-8-13(19)9-16(12)20/h4-10,17H,3,11H2,1-2H3,(H,21,22)/t17-/m1/s1. The predicted octanol–water partition coefficient (Wildman–Crippen LogP) is 4.48. The van der Waals surface area contributed by atoms with E-state index in [1.165, 1.54) is 0 Å². The summed E-state index contributed by atoms with van der Waals surface area (Å²) in [5.41, 5.74) is 0.797. The van der Waals surface area contributed by atoms with E-state index < -0.39 is 6.10 Å². The van der Waals surface area contributed by atoms with Crippen LogP contribution in [0.15, 0.2) is 42.5 Å². The average molecular weight is 368 g/mol. The largest absolute Gasteiger partial charge is 0.497 e. The Labute approximate surface area is 151 Å². The summed E-state index contributed by atoms with van der Waals surface area (Å²) in [6.45, 7) is 2.20. The number of hydrogen-bond donors (Lipinski definition) is 1. The quantitative estimate of drug-likeness (QED) is 0.784. The third-order valence-electron chi connectivity index (χ3n) is 3.45. The molecule has 0 unspecified atom stereocenters. The van der Waals surface area contributed by atoms with Crippen LogP contribution < -0.4 is 14.8 Å². The molecule has 4 nitrogen and oxygen atoms in total. The second kappa shape index (κ2) is 8.81. The smallest absolute Gasteiger partial charge is 0.261 e. The van der Waals surface area contributed by atoms with Crippen molar-refractivity contribution < 1.29 is 14.3 Å². The minimum Gasteiger partial charge on any atom is -0.497 e. The van der Waals surface area contributed by atoms with Crippen molar-refractivity contribution in [2.24, 2.45) is 0 Å². The lowest BCUT2D eigenvalue weighted by Gasteiger charge is -2.18. The molecule has 6 heteroatoms. The van der Waals surface area contributed by atoms with Crippen LogP contribution in [-0.2, 0) is 11.3 Å². The summed E-state index contributed by atoms with van der Waals surface area (Å²) >= 11 is 12.0. The zero-order chi connectivity index (χ0) is 17.5. The van der Waals surface area contributed by atoms with Gasteiger partial charge in [-0.3, -0.25) is 4.79 Å². The van der Waals surface area contributed by atoms with Crippen LogP contribution in [0.2, 0.25) is 10.0 Å². The molecule has 0 saturated carbocycles. The van der Waals surface area contributed by atoms with Gasteiger partial charge < -0.3 is 14.8 Å². The molecule has 0 heterocycles. The highest BCUT2D eigenvalue weighted by molar-refractivity contribution is 6.35. The van der Waals surface area contributed by atoms with E-state index in [0.717, 1.165) is 5.56 Å². The Bertz CT molecular complexity index is 706. The van der Waals surface area contributed by atoms with Gasteiger partial charge in [0.15, 0.2) is 6.10 Å². The summed E-state index contributed by atoms with van der Waals surface area (Å²) in [5, 5.41) is 3.91. The third kappa shape index (κ3) is 5.05. The minimum atomic E-state index is -0.594. The van der Waals surface area contributed by atoms with Crippen LogP contribution >= 0.6 is 23.2 Å². The second-order valence-corrected chi connectivity index (χ2v) is 5.99. The molecule has 0 fully saturated rings. The monoisotopic (exact) mass is 367 g/mol. The Morgan fingerprint density at radius 1 is 1.17 bits per heavy atom. The molecule has 0 bridgehead atoms. The summed E-state index contributed by atoms with van der Waals surface area (Å²) in [7, 11) is 1.58. The fraction of sp³-hybridized carbons (Fsp3) is 0.278. The highest BCUT2D eigenvalue weighted by Crippen LogP contribution is 2.22. The van der Waals surface area contributed by atoms with Crippen LogP contribution in [0, 0.1) is 0 Å². The van der Waals surface area contributed by atoms with E-state index in [1.807, 2.05) is 19.1 Å². The Kier molecular flexibility index (Phi) is 6.76. The third-order valence-corrected chi connectivity index (χ3v) is 4.04. The molecule has 0 aromatic heterocycles. The lowest BCUT2D eigenvalue weighted by molar-refractivity contribution is -0.128. The molecule has 24 heavy (non-hydrogen) atoms. The Hall–Kier alpha value is -1.91. The number of nitrogens with one attached hydrogen (secondary N) is 1. The number of rotatable bonds is 7. The molecule has 128 valence electrons. The fourth-order valence-electron chi connectivity index (χ4n) is 2.12. The summed E-state index contributed by atoms with van der Waals surface area (Å²) in [6, 6.07) is 12.3. The first-order chi connectivity index (χ1) is 11.5. The van der Waals surface area contributed by atoms with Gasteiger partial charge in [-0.25, -0.2) is 0 Å². The minimum absolute atomic E-state index is 0.202. The number of methoxy groups -OCH3 is 1. The van der Waals surface area contributed by atoms with E-state index in [1.54, 1.807) is 37.4 Å². The molecule has 0 aliphatic rings. The van der Waals surface area contributed by atoms with Gasteiger partial charge in [0.1, 0.15) is 11.5 Å². The normalized spacial score (nSPS) is 11.7. The molecule has 0 spiro atoms. The molecular formula is C18H19Cl2NO3. The number of amides is 1. The molecule has 0 aliphatic carbocycles. The number of hydrogen-bond acceptors (Lipinski definition) is 3. The number of carbonyl (C=O) groups is 1. The van der Waals surface area contributed by atoms with Crippen LogP contribution in [0.4, 0.5) is 0 Å². The van der Waals surface area contributed by atoms with Gasteiger partial charge in [0.2, 0.25) is 0 Å². The second-order valence-electron chi connectivity index (χ2n) is 5.15. The van der Waals surface area contributed by atoms with Gasteiger partial charge in [-0.2, -0.15) is 0 Å². The van der Waals surface area contributed by atoms with E-state index >= 15 is 0 Å². The maximum absolute atomic E-state index is 12.3. The summed E-state index contributed by atoms with van der Waals surface area (Å²) in [6.07, 6.45) is -0.0552. The Balaban J connectivity index is 1.98. The summed E-state index contributed by atoms with van der Waals surface area (Å²) in [5.74, 6) is 1.06. The Morgan fingerprint density at radius 3 is 2.58 bits per heavy atom. The molecule has 0 aliphatic heterocycles. The van der Waals surface area contributed by atoms with Crippen molar-refractivity contribution in [1.29, 1.82) is 0 Å². The average Bonchev–Trinajstić information content (AvgIpc) is 2.58. The molecule has 0 saturated heterocycles. The molecule has 1 N–H and O–H groups in total. The van der Waals surface area contributed by atoms with Crippen LogP contribution in [0.1, 0.15) is 18.9 Å². The van der Waals surface area contributed by atoms with E-state index in [-0.39, 0.29) is 5.91 Å². The van der Waals surface area contributed by atoms with Crippen LogP contribution in [0.5, 0.6) is 11.5 Å². The molecule has 0 radical (unpaired) electrons. The van der Waals surface area contributed by atoms with E-state index in [9.17, 15) is 4.79 Å². The maximum atomic E-state index is 12.3. The maximum Gasteiger partial charge on any atom is 0.261 e. The van der Waals surface area contributed by atoms with Crippen LogP contribution in [0.25, 0.3) is 0 Å². The van der Waals surface area contributed by atoms with E-state index in [2.05, 4.69) is 5.32 Å². The highest BCUT2D eigenvalue weighted by Gasteiger charge is 2.18. The predicted molar refractivity (Wildman–Crippen MR) is 96.0 cm³/mol. The van der Waals surface area contributed by atoms with Crippen molar-refractivity contribution in [2.45, 2.75) is 26.0 Å². The van der Waals surface area contributed by atoms with Gasteiger partial charge in [-0.1, -0.05) is 42.3 Å². The molecule has 1 atom stereocenters. The number of benzene rings is 2. The summed E-state index contributed by atoms with van der Waals surface area (Å²) < 4.78 is 10.9. The van der Waals surface area contributed by atoms with Gasteiger partial charge in [-0.15, -0.1) is 0 Å². The van der Waals surface area contributed by atoms with Gasteiger partial charge in [0, 0.05) is 22.7 Å². The van der Waals surface area contributed by atoms with Crippen molar-refractivity contribution in [1.82, 2.24) is 5.32 Å². The summed E-state index contributed by atoms with van der Waals surface area (Å²) in [4.78, 5) is 12.3. The fourth-order valence-corrected chi connectivity index (χ4v) is 2.60. The molecule has 2 aromatic carbocycles. The van der Waals surface area contributed by atoms with Crippen LogP contribution in [0.3, 0.4) is 0 Å². The van der Waals surface area contributed by atoms with Gasteiger partial charge >= 0.3 is 0 Å². The van der Waals surface area contributed by atoms with Crippen LogP contribution in [-0.4, -0.2) is 19.1 Å². The first-order valence-electron chi connectivity index (χ1n) is 7.55. The lowest BCUT2D eigenvalue weighted by atomic mass is 10.2. The molecule has 1 amide bonds. The number of ether oxygens (including phenoxy) is 2. The number of halogens is 2. The molecular weight excluding hydrogens is 349 g/mol. The SMILES string of the molecule is CC[C@@H](Oc1cccc(OC)c1)C(=O)NCc1ccc(Cl)cc1Cl. The first kappa shape index (κ1) is 18.4. The zero-order valence-electron chi connectivity index (χ0n) is 13.5. The van der Waals surface area contributed by atoms with Crippen molar-refractivity contribution in [2.75, 3.05) is 7.11 Å². The first-order valence-corrected chi connectivity index (χ1v) is 8.31. The zero-order valence-corrected chi connectivity index (χ0v) is 15.0. The number of carbonyl (C=O) groups excluding carboxylic acids is 1. The topological polar surface area (TPSA) is 47.6 Å². The van der Waals surface area contributed by atoms with Crippen molar-refractivity contribution in [3.8, 4) is 11.5 Å². The molecule has 2 rings (SSSR count). The highest BCUT2D eigenvalue weighted by atomic mass is 35.5. The van der Waals surface area contributed by atoms with Gasteiger partial charge in [-0.05, 0) is 36.2 Å². The van der Waals surface area contributed by atoms with Crippen molar-refractivity contribution >= 4 is 29.1 Å². The Morgan fingerprint density at radius 2 is 1.92 bits per heavy atom. The van der Waals surface area contributed by atoms with E-state index in [4.69, 9.17) is 32.7 Å². The van der Waals surface area contributed by atoms with Gasteiger partial charge in [0.25, 0.3) is 5.91 Å². The lowest BCUT2D eigenvalue weighted by Crippen LogP contribution is -2.37. The van der Waals surface area contributed by atoms with Crippen molar-refractivity contribution in [3.63, 3.8) is 0 Å². The molecule has 2 aromatic rings. The van der Waals surface area contributed by atoms with Crippen molar-refractivity contribution in [3.05, 3.63) is 58.1 Å². The van der Waals surface area contributed by atoms with Gasteiger partial charge in [0.05, 0.1) is 7.11 Å². The van der Waals surface area contributed by atoms with E-state index in [0.29, 0.717) is 34.5 Å².